The number of hydrogen-bond donors (Lipinski definition) is 2. The average Bonchev–Trinajstić information content (AvgIpc) is 3.11. The van der Waals surface area contributed by atoms with E-state index in [0.29, 0.717) is 22.5 Å². The minimum Gasteiger partial charge on any atom is -0.326 e. The van der Waals surface area contributed by atoms with Crippen molar-refractivity contribution in [1.82, 2.24) is 0 Å². The first-order chi connectivity index (χ1) is 23.0. The molecule has 6 aromatic carbocycles. The smallest absolute Gasteiger partial charge is 0.228 e. The molecule has 228 valence electrons. The number of benzene rings is 6. The summed E-state index contributed by atoms with van der Waals surface area (Å²) in [6.45, 7) is 0. The summed E-state index contributed by atoms with van der Waals surface area (Å²) in [6.07, 6.45) is 0.563. The molecular formula is C42H32N2O3. The second-order valence-corrected chi connectivity index (χ2v) is 11.7. The van der Waals surface area contributed by atoms with Gasteiger partial charge in [-0.05, 0) is 57.6 Å². The molecule has 5 nitrogen and oxygen atoms in total. The van der Waals surface area contributed by atoms with Crippen molar-refractivity contribution in [2.24, 2.45) is 0 Å². The number of nitrogens with one attached hydrogen (secondary N) is 2. The lowest BCUT2D eigenvalue weighted by Crippen LogP contribution is -2.38. The monoisotopic (exact) mass is 612 g/mol. The Morgan fingerprint density at radius 3 is 1.21 bits per heavy atom. The van der Waals surface area contributed by atoms with Crippen molar-refractivity contribution < 1.29 is 14.4 Å². The van der Waals surface area contributed by atoms with Crippen molar-refractivity contribution in [3.63, 3.8) is 0 Å². The molecule has 0 atom stereocenters. The molecule has 2 amide bonds. The standard InChI is InChI=1S/C42H32N2O3/c45-39(27-29-11-3-1-4-12-29)43-33-23-19-31(20-24-33)42(37-17-9-7-15-35(37)41(47)36-16-8-10-18-38(36)42)32-21-25-34(26-22-32)44-40(46)28-30-13-5-2-6-14-30/h1-26H,27-28H2,(H,43,45)(H,44,46). The molecule has 0 spiro atoms. The number of amides is 2. The quantitative estimate of drug-likeness (QED) is 0.183. The molecule has 2 N–H and O–H groups in total. The van der Waals surface area contributed by atoms with Crippen LogP contribution in [0.5, 0.6) is 0 Å². The first-order valence-electron chi connectivity index (χ1n) is 15.6. The summed E-state index contributed by atoms with van der Waals surface area (Å²) in [5, 5.41) is 6.06. The molecule has 0 unspecified atom stereocenters. The van der Waals surface area contributed by atoms with Crippen LogP contribution in [0.4, 0.5) is 11.4 Å². The van der Waals surface area contributed by atoms with Gasteiger partial charge in [0.2, 0.25) is 11.8 Å². The van der Waals surface area contributed by atoms with Crippen molar-refractivity contribution in [2.45, 2.75) is 18.3 Å². The molecule has 7 rings (SSSR count). The Morgan fingerprint density at radius 2 is 0.809 bits per heavy atom. The van der Waals surface area contributed by atoms with Crippen LogP contribution in [0.3, 0.4) is 0 Å². The lowest BCUT2D eigenvalue weighted by atomic mass is 9.59. The Labute approximate surface area is 273 Å². The first-order valence-corrected chi connectivity index (χ1v) is 15.6. The molecule has 0 heterocycles. The van der Waals surface area contributed by atoms with Gasteiger partial charge in [-0.25, -0.2) is 0 Å². The van der Waals surface area contributed by atoms with Crippen molar-refractivity contribution in [1.29, 1.82) is 0 Å². The third kappa shape index (κ3) is 5.75. The van der Waals surface area contributed by atoms with Gasteiger partial charge in [-0.1, -0.05) is 133 Å². The van der Waals surface area contributed by atoms with Gasteiger partial charge in [-0.15, -0.1) is 0 Å². The SMILES string of the molecule is O=C(Cc1ccccc1)Nc1ccc(C2(c3ccc(NC(=O)Cc4ccccc4)cc3)c3ccccc3C(=O)c3ccccc32)cc1. The normalized spacial score (nSPS) is 12.8. The minimum atomic E-state index is -0.833. The van der Waals surface area contributed by atoms with Gasteiger partial charge in [-0.3, -0.25) is 14.4 Å². The van der Waals surface area contributed by atoms with E-state index in [2.05, 4.69) is 10.6 Å². The molecule has 1 aliphatic rings. The van der Waals surface area contributed by atoms with Crippen LogP contribution >= 0.6 is 0 Å². The van der Waals surface area contributed by atoms with Crippen LogP contribution in [0, 0.1) is 0 Å². The average molecular weight is 613 g/mol. The van der Waals surface area contributed by atoms with E-state index in [4.69, 9.17) is 0 Å². The minimum absolute atomic E-state index is 0.0126. The first kappa shape index (κ1) is 29.6. The Kier molecular flexibility index (Phi) is 8.03. The number of carbonyl (C=O) groups is 3. The molecule has 0 bridgehead atoms. The van der Waals surface area contributed by atoms with Crippen LogP contribution in [0.1, 0.15) is 49.3 Å². The topological polar surface area (TPSA) is 75.3 Å². The molecule has 0 aromatic heterocycles. The molecule has 5 heteroatoms. The fourth-order valence-electron chi connectivity index (χ4n) is 6.68. The van der Waals surface area contributed by atoms with Crippen molar-refractivity contribution in [3.05, 3.63) is 202 Å². The van der Waals surface area contributed by atoms with E-state index in [1.807, 2.05) is 158 Å². The summed E-state index contributed by atoms with van der Waals surface area (Å²) in [5.41, 5.74) is 7.39. The molecule has 0 saturated heterocycles. The van der Waals surface area contributed by atoms with E-state index in [0.717, 1.165) is 33.4 Å². The van der Waals surface area contributed by atoms with Gasteiger partial charge in [0.05, 0.1) is 18.3 Å². The highest BCUT2D eigenvalue weighted by molar-refractivity contribution is 6.14. The molecule has 0 fully saturated rings. The number of hydrogen-bond acceptors (Lipinski definition) is 3. The molecule has 0 radical (unpaired) electrons. The number of rotatable bonds is 8. The molecule has 1 aliphatic carbocycles. The Morgan fingerprint density at radius 1 is 0.447 bits per heavy atom. The highest BCUT2D eigenvalue weighted by Crippen LogP contribution is 2.51. The predicted molar refractivity (Wildman–Crippen MR) is 186 cm³/mol. The fraction of sp³-hybridized carbons (Fsp3) is 0.0714. The molecule has 6 aromatic rings. The van der Waals surface area contributed by atoms with Gasteiger partial charge in [-0.2, -0.15) is 0 Å². The summed E-state index contributed by atoms with van der Waals surface area (Å²) in [5.74, 6) is -0.202. The Balaban J connectivity index is 1.28. The summed E-state index contributed by atoms with van der Waals surface area (Å²) in [7, 11) is 0. The molecule has 47 heavy (non-hydrogen) atoms. The number of anilines is 2. The third-order valence-electron chi connectivity index (χ3n) is 8.77. The maximum atomic E-state index is 13.8. The zero-order valence-electron chi connectivity index (χ0n) is 25.7. The predicted octanol–water partition coefficient (Wildman–Crippen LogP) is 7.98. The van der Waals surface area contributed by atoms with E-state index in [9.17, 15) is 14.4 Å². The van der Waals surface area contributed by atoms with Gasteiger partial charge < -0.3 is 10.6 Å². The van der Waals surface area contributed by atoms with Crippen LogP contribution in [0.2, 0.25) is 0 Å². The summed E-state index contributed by atoms with van der Waals surface area (Å²) in [4.78, 5) is 39.5. The lowest BCUT2D eigenvalue weighted by molar-refractivity contribution is -0.116. The summed E-state index contributed by atoms with van der Waals surface area (Å²) < 4.78 is 0. The highest BCUT2D eigenvalue weighted by Gasteiger charge is 2.46. The van der Waals surface area contributed by atoms with Gasteiger partial charge in [0.25, 0.3) is 0 Å². The lowest BCUT2D eigenvalue weighted by Gasteiger charge is -2.41. The number of ketones is 1. The maximum absolute atomic E-state index is 13.8. The van der Waals surface area contributed by atoms with Gasteiger partial charge in [0.1, 0.15) is 0 Å². The van der Waals surface area contributed by atoms with Crippen LogP contribution in [-0.2, 0) is 27.8 Å². The van der Waals surface area contributed by atoms with E-state index in [1.54, 1.807) is 0 Å². The van der Waals surface area contributed by atoms with Crippen LogP contribution in [0.15, 0.2) is 158 Å². The second kappa shape index (κ2) is 12.7. The van der Waals surface area contributed by atoms with E-state index >= 15 is 0 Å². The maximum Gasteiger partial charge on any atom is 0.228 e. The number of fused-ring (bicyclic) bond motifs is 2. The fourth-order valence-corrected chi connectivity index (χ4v) is 6.68. The number of carbonyl (C=O) groups excluding carboxylic acids is 3. The van der Waals surface area contributed by atoms with Crippen LogP contribution in [0.25, 0.3) is 0 Å². The largest absolute Gasteiger partial charge is 0.326 e. The zero-order chi connectivity index (χ0) is 32.2. The molecule has 0 saturated carbocycles. The van der Waals surface area contributed by atoms with Crippen LogP contribution < -0.4 is 10.6 Å². The van der Waals surface area contributed by atoms with Crippen molar-refractivity contribution in [3.8, 4) is 0 Å². The van der Waals surface area contributed by atoms with Crippen molar-refractivity contribution in [2.75, 3.05) is 10.6 Å². The van der Waals surface area contributed by atoms with Gasteiger partial charge in [0.15, 0.2) is 5.78 Å². The highest BCUT2D eigenvalue weighted by atomic mass is 16.2. The van der Waals surface area contributed by atoms with Crippen molar-refractivity contribution >= 4 is 29.0 Å². The van der Waals surface area contributed by atoms with E-state index in [1.165, 1.54) is 0 Å². The zero-order valence-corrected chi connectivity index (χ0v) is 25.7. The van der Waals surface area contributed by atoms with Gasteiger partial charge in [0, 0.05) is 22.5 Å². The van der Waals surface area contributed by atoms with E-state index < -0.39 is 5.41 Å². The summed E-state index contributed by atoms with van der Waals surface area (Å²) >= 11 is 0. The molecular weight excluding hydrogens is 580 g/mol. The Hall–Kier alpha value is -6.07. The third-order valence-corrected chi connectivity index (χ3v) is 8.77. The van der Waals surface area contributed by atoms with Gasteiger partial charge >= 0.3 is 0 Å². The van der Waals surface area contributed by atoms with Crippen LogP contribution in [-0.4, -0.2) is 17.6 Å². The second-order valence-electron chi connectivity index (χ2n) is 11.7. The molecule has 0 aliphatic heterocycles. The Bertz CT molecular complexity index is 1920. The summed E-state index contributed by atoms with van der Waals surface area (Å²) in [6, 6.07) is 50.6. The van der Waals surface area contributed by atoms with E-state index in [-0.39, 0.29) is 30.4 Å².